The van der Waals surface area contributed by atoms with E-state index in [4.69, 9.17) is 0 Å². The maximum absolute atomic E-state index is 11.5. The molecule has 0 saturated heterocycles. The largest absolute Gasteiger partial charge is 0.355 e. The number of H-pyrrole nitrogens is 1. The molecule has 1 aliphatic rings. The number of aromatic amines is 1. The first-order chi connectivity index (χ1) is 5.79. The second-order valence-corrected chi connectivity index (χ2v) is 3.92. The molecule has 12 heavy (non-hydrogen) atoms. The molecule has 1 aromatic rings. The van der Waals surface area contributed by atoms with E-state index < -0.39 is 0 Å². The minimum Gasteiger partial charge on any atom is -0.355 e. The predicted octanol–water partition coefficient (Wildman–Crippen LogP) is 2.69. The van der Waals surface area contributed by atoms with E-state index in [1.807, 2.05) is 6.20 Å². The normalized spacial score (nSPS) is 17.2. The fourth-order valence-corrected chi connectivity index (χ4v) is 2.17. The van der Waals surface area contributed by atoms with Crippen LogP contribution in [0.1, 0.15) is 35.2 Å². The topological polar surface area (TPSA) is 32.9 Å². The van der Waals surface area contributed by atoms with Crippen LogP contribution < -0.4 is 0 Å². The number of carbonyl (C=O) groups excluding carboxylic acids is 1. The van der Waals surface area contributed by atoms with Crippen molar-refractivity contribution in [1.82, 2.24) is 4.98 Å². The van der Waals surface area contributed by atoms with E-state index in [1.165, 1.54) is 0 Å². The Balaban J connectivity index is 2.47. The van der Waals surface area contributed by atoms with Gasteiger partial charge < -0.3 is 4.98 Å². The maximum Gasteiger partial charge on any atom is 0.164 e. The van der Waals surface area contributed by atoms with Crippen LogP contribution in [0.3, 0.4) is 0 Å². The molecule has 0 aromatic carbocycles. The summed E-state index contributed by atoms with van der Waals surface area (Å²) in [6.07, 6.45) is 5.69. The van der Waals surface area contributed by atoms with E-state index >= 15 is 0 Å². The predicted molar refractivity (Wildman–Crippen MR) is 50.4 cm³/mol. The Kier molecular flexibility index (Phi) is 2.05. The molecule has 0 spiro atoms. The summed E-state index contributed by atoms with van der Waals surface area (Å²) in [6.45, 7) is 0. The third kappa shape index (κ3) is 1.22. The van der Waals surface area contributed by atoms with Crippen molar-refractivity contribution in [3.63, 3.8) is 0 Å². The summed E-state index contributed by atoms with van der Waals surface area (Å²) in [5.74, 6) is 0.282. The van der Waals surface area contributed by atoms with Gasteiger partial charge >= 0.3 is 0 Å². The number of fused-ring (bicyclic) bond motifs is 1. The molecule has 2 rings (SSSR count). The molecule has 3 heteroatoms. The summed E-state index contributed by atoms with van der Waals surface area (Å²) in [5, 5.41) is 0. The fraction of sp³-hybridized carbons (Fsp3) is 0.444. The van der Waals surface area contributed by atoms with Crippen LogP contribution in [0.15, 0.2) is 10.8 Å². The van der Waals surface area contributed by atoms with E-state index in [-0.39, 0.29) is 5.78 Å². The minimum atomic E-state index is 0.282. The monoisotopic (exact) mass is 227 g/mol. The lowest BCUT2D eigenvalue weighted by Crippen LogP contribution is -1.96. The molecule has 0 fully saturated rings. The summed E-state index contributed by atoms with van der Waals surface area (Å²) in [5.41, 5.74) is 2.05. The van der Waals surface area contributed by atoms with E-state index in [9.17, 15) is 4.79 Å². The number of halogens is 1. The molecule has 0 radical (unpaired) electrons. The van der Waals surface area contributed by atoms with E-state index in [2.05, 4.69) is 20.9 Å². The summed E-state index contributed by atoms with van der Waals surface area (Å²) in [4.78, 5) is 14.5. The number of nitrogens with one attached hydrogen (secondary N) is 1. The van der Waals surface area contributed by atoms with Crippen LogP contribution in [0.5, 0.6) is 0 Å². The number of Topliss-reactive ketones (excluding diaryl/α,β-unsaturated/α-hetero) is 1. The second-order valence-electron chi connectivity index (χ2n) is 3.13. The Morgan fingerprint density at radius 2 is 2.08 bits per heavy atom. The van der Waals surface area contributed by atoms with Crippen molar-refractivity contribution in [2.24, 2.45) is 0 Å². The standard InChI is InChI=1S/C9H10BrNO/c10-9-6-3-1-2-4-8(12)7(6)5-11-9/h5,11H,1-4H2. The SMILES string of the molecule is O=C1CCCCc2c1c[nH]c2Br. The van der Waals surface area contributed by atoms with Gasteiger partial charge in [0.2, 0.25) is 0 Å². The zero-order valence-electron chi connectivity index (χ0n) is 6.69. The molecule has 1 heterocycles. The van der Waals surface area contributed by atoms with Crippen LogP contribution in [0.4, 0.5) is 0 Å². The fourth-order valence-electron chi connectivity index (χ4n) is 1.64. The Labute approximate surface area is 79.5 Å². The number of hydrogen-bond acceptors (Lipinski definition) is 1. The van der Waals surface area contributed by atoms with E-state index in [1.54, 1.807) is 0 Å². The molecule has 0 unspecified atom stereocenters. The number of aromatic nitrogens is 1. The van der Waals surface area contributed by atoms with E-state index in [0.29, 0.717) is 6.42 Å². The highest BCUT2D eigenvalue weighted by Crippen LogP contribution is 2.26. The van der Waals surface area contributed by atoms with Crippen LogP contribution in [0.2, 0.25) is 0 Å². The van der Waals surface area contributed by atoms with Crippen molar-refractivity contribution in [2.75, 3.05) is 0 Å². The molecular weight excluding hydrogens is 218 g/mol. The van der Waals surface area contributed by atoms with Gasteiger partial charge in [0.05, 0.1) is 4.60 Å². The number of rotatable bonds is 0. The lowest BCUT2D eigenvalue weighted by atomic mass is 10.1. The van der Waals surface area contributed by atoms with Gasteiger partial charge in [-0.2, -0.15) is 0 Å². The molecule has 1 N–H and O–H groups in total. The van der Waals surface area contributed by atoms with Crippen LogP contribution in [-0.4, -0.2) is 10.8 Å². The molecule has 0 saturated carbocycles. The lowest BCUT2D eigenvalue weighted by molar-refractivity contribution is 0.0982. The first-order valence-corrected chi connectivity index (χ1v) is 4.97. The van der Waals surface area contributed by atoms with Gasteiger partial charge in [0.1, 0.15) is 0 Å². The van der Waals surface area contributed by atoms with Gasteiger partial charge in [-0.25, -0.2) is 0 Å². The van der Waals surface area contributed by atoms with Gasteiger partial charge in [0.25, 0.3) is 0 Å². The molecular formula is C9H10BrNO. The maximum atomic E-state index is 11.5. The summed E-state index contributed by atoms with van der Waals surface area (Å²) < 4.78 is 0.979. The third-order valence-corrected chi connectivity index (χ3v) is 3.02. The van der Waals surface area contributed by atoms with Gasteiger partial charge in [0, 0.05) is 18.2 Å². The molecule has 2 nitrogen and oxygen atoms in total. The Morgan fingerprint density at radius 3 is 2.92 bits per heavy atom. The smallest absolute Gasteiger partial charge is 0.164 e. The third-order valence-electron chi connectivity index (χ3n) is 2.31. The van der Waals surface area contributed by atoms with Gasteiger partial charge in [-0.3, -0.25) is 4.79 Å². The van der Waals surface area contributed by atoms with Gasteiger partial charge in [-0.1, -0.05) is 0 Å². The second kappa shape index (κ2) is 3.05. The first kappa shape index (κ1) is 8.05. The van der Waals surface area contributed by atoms with Crippen LogP contribution in [0, 0.1) is 0 Å². The molecule has 0 amide bonds. The van der Waals surface area contributed by atoms with Crippen molar-refractivity contribution < 1.29 is 4.79 Å². The van der Waals surface area contributed by atoms with Crippen LogP contribution in [0.25, 0.3) is 0 Å². The van der Waals surface area contributed by atoms with Crippen molar-refractivity contribution in [3.05, 3.63) is 21.9 Å². The molecule has 0 bridgehead atoms. The van der Waals surface area contributed by atoms with Gasteiger partial charge in [-0.15, -0.1) is 0 Å². The van der Waals surface area contributed by atoms with Crippen molar-refractivity contribution in [3.8, 4) is 0 Å². The van der Waals surface area contributed by atoms with Crippen LogP contribution >= 0.6 is 15.9 Å². The zero-order chi connectivity index (χ0) is 8.55. The van der Waals surface area contributed by atoms with Gasteiger partial charge in [0.15, 0.2) is 5.78 Å². The molecule has 0 atom stereocenters. The Hall–Kier alpha value is -0.570. The quantitative estimate of drug-likeness (QED) is 0.680. The average molecular weight is 228 g/mol. The average Bonchev–Trinajstić information content (AvgIpc) is 2.30. The minimum absolute atomic E-state index is 0.282. The molecule has 1 aliphatic carbocycles. The highest BCUT2D eigenvalue weighted by molar-refractivity contribution is 9.10. The number of carbonyl (C=O) groups is 1. The number of hydrogen-bond donors (Lipinski definition) is 1. The molecule has 0 aliphatic heterocycles. The Bertz CT molecular complexity index is 316. The van der Waals surface area contributed by atoms with Gasteiger partial charge in [-0.05, 0) is 40.8 Å². The highest BCUT2D eigenvalue weighted by atomic mass is 79.9. The van der Waals surface area contributed by atoms with Crippen molar-refractivity contribution in [1.29, 1.82) is 0 Å². The molecule has 1 aromatic heterocycles. The van der Waals surface area contributed by atoms with Crippen LogP contribution in [-0.2, 0) is 6.42 Å². The zero-order valence-corrected chi connectivity index (χ0v) is 8.28. The van der Waals surface area contributed by atoms with Crippen molar-refractivity contribution in [2.45, 2.75) is 25.7 Å². The van der Waals surface area contributed by atoms with Crippen molar-refractivity contribution >= 4 is 21.7 Å². The molecule has 64 valence electrons. The first-order valence-electron chi connectivity index (χ1n) is 4.18. The summed E-state index contributed by atoms with van der Waals surface area (Å²) in [6, 6.07) is 0. The summed E-state index contributed by atoms with van der Waals surface area (Å²) in [7, 11) is 0. The highest BCUT2D eigenvalue weighted by Gasteiger charge is 2.18. The summed E-state index contributed by atoms with van der Waals surface area (Å²) >= 11 is 3.41. The lowest BCUT2D eigenvalue weighted by Gasteiger charge is -1.95. The number of ketones is 1. The van der Waals surface area contributed by atoms with E-state index in [0.717, 1.165) is 35.0 Å². The Morgan fingerprint density at radius 1 is 1.33 bits per heavy atom.